The normalized spacial score (nSPS) is 12.3. The van der Waals surface area contributed by atoms with Gasteiger partial charge in [0.25, 0.3) is 0 Å². The van der Waals surface area contributed by atoms with E-state index in [2.05, 4.69) is 12.3 Å². The number of benzene rings is 1. The van der Waals surface area contributed by atoms with Gasteiger partial charge in [-0.25, -0.2) is 0 Å². The van der Waals surface area contributed by atoms with Crippen molar-refractivity contribution in [1.29, 1.82) is 0 Å². The van der Waals surface area contributed by atoms with Gasteiger partial charge in [-0.3, -0.25) is 4.79 Å². The molecule has 2 heteroatoms. The van der Waals surface area contributed by atoms with Crippen molar-refractivity contribution in [3.8, 4) is 0 Å². The Kier molecular flexibility index (Phi) is 3.52. The smallest absolute Gasteiger partial charge is 0.170 e. The maximum Gasteiger partial charge on any atom is 0.170 e. The molecule has 0 radical (unpaired) electrons. The van der Waals surface area contributed by atoms with Crippen LogP contribution in [0.4, 0.5) is 0 Å². The highest BCUT2D eigenvalue weighted by molar-refractivity contribution is 7.08. The zero-order valence-electron chi connectivity index (χ0n) is 9.22. The monoisotopic (exact) mass is 230 g/mol. The first-order valence-corrected chi connectivity index (χ1v) is 6.38. The number of ketones is 1. The Morgan fingerprint density at radius 2 is 2.00 bits per heavy atom. The molecular formula is C14H14OS. The van der Waals surface area contributed by atoms with Gasteiger partial charge in [0.2, 0.25) is 0 Å². The summed E-state index contributed by atoms with van der Waals surface area (Å²) in [5.41, 5.74) is 1.95. The van der Waals surface area contributed by atoms with Gasteiger partial charge in [0.15, 0.2) is 5.78 Å². The molecular weight excluding hydrogens is 216 g/mol. The maximum absolute atomic E-state index is 12.3. The van der Waals surface area contributed by atoms with Crippen LogP contribution in [0.2, 0.25) is 0 Å². The highest BCUT2D eigenvalue weighted by Crippen LogP contribution is 2.25. The molecule has 0 N–H and O–H groups in total. The quantitative estimate of drug-likeness (QED) is 0.722. The van der Waals surface area contributed by atoms with Crippen molar-refractivity contribution in [2.24, 2.45) is 0 Å². The van der Waals surface area contributed by atoms with Crippen molar-refractivity contribution >= 4 is 17.1 Å². The number of rotatable bonds is 4. The van der Waals surface area contributed by atoms with Gasteiger partial charge >= 0.3 is 0 Å². The Morgan fingerprint density at radius 1 is 1.25 bits per heavy atom. The lowest BCUT2D eigenvalue weighted by Gasteiger charge is -2.12. The molecule has 1 aromatic carbocycles. The van der Waals surface area contributed by atoms with Crippen LogP contribution in [-0.2, 0) is 0 Å². The maximum atomic E-state index is 12.3. The zero-order chi connectivity index (χ0) is 11.4. The molecule has 1 nitrogen and oxygen atoms in total. The summed E-state index contributed by atoms with van der Waals surface area (Å²) in [6.07, 6.45) is 0.852. The SMILES string of the molecule is CCC(C(=O)c1ccccc1)c1ccsc1. The van der Waals surface area contributed by atoms with Crippen molar-refractivity contribution in [2.75, 3.05) is 0 Å². The molecule has 1 atom stereocenters. The number of carbonyl (C=O) groups is 1. The molecule has 1 heterocycles. The molecule has 0 aliphatic rings. The fourth-order valence-electron chi connectivity index (χ4n) is 1.85. The molecule has 82 valence electrons. The van der Waals surface area contributed by atoms with Crippen molar-refractivity contribution in [3.63, 3.8) is 0 Å². The molecule has 0 bridgehead atoms. The van der Waals surface area contributed by atoms with Gasteiger partial charge in [-0.15, -0.1) is 0 Å². The molecule has 0 aliphatic carbocycles. The van der Waals surface area contributed by atoms with Gasteiger partial charge < -0.3 is 0 Å². The average Bonchev–Trinajstić information content (AvgIpc) is 2.85. The van der Waals surface area contributed by atoms with Crippen LogP contribution in [0.15, 0.2) is 47.2 Å². The van der Waals surface area contributed by atoms with Gasteiger partial charge in [-0.2, -0.15) is 11.3 Å². The minimum atomic E-state index is 0.00801. The van der Waals surface area contributed by atoms with E-state index in [4.69, 9.17) is 0 Å². The molecule has 0 spiro atoms. The molecule has 0 saturated carbocycles. The number of thiophene rings is 1. The predicted molar refractivity (Wildman–Crippen MR) is 68.1 cm³/mol. The molecule has 0 amide bonds. The van der Waals surface area contributed by atoms with Crippen molar-refractivity contribution in [3.05, 3.63) is 58.3 Å². The molecule has 1 unspecified atom stereocenters. The zero-order valence-corrected chi connectivity index (χ0v) is 10.0. The van der Waals surface area contributed by atoms with Crippen LogP contribution < -0.4 is 0 Å². The van der Waals surface area contributed by atoms with Gasteiger partial charge in [0.1, 0.15) is 0 Å². The second kappa shape index (κ2) is 5.08. The number of hydrogen-bond acceptors (Lipinski definition) is 2. The van der Waals surface area contributed by atoms with Gasteiger partial charge in [0.05, 0.1) is 0 Å². The predicted octanol–water partition coefficient (Wildman–Crippen LogP) is 4.12. The van der Waals surface area contributed by atoms with E-state index >= 15 is 0 Å². The van der Waals surface area contributed by atoms with Crippen molar-refractivity contribution in [1.82, 2.24) is 0 Å². The number of carbonyl (C=O) groups excluding carboxylic acids is 1. The number of Topliss-reactive ketones (excluding diaryl/α,β-unsaturated/α-hetero) is 1. The molecule has 2 rings (SSSR count). The summed E-state index contributed by atoms with van der Waals surface area (Å²) >= 11 is 1.64. The minimum absolute atomic E-state index is 0.00801. The van der Waals surface area contributed by atoms with E-state index in [1.165, 1.54) is 0 Å². The fraction of sp³-hybridized carbons (Fsp3) is 0.214. The van der Waals surface area contributed by atoms with Crippen LogP contribution in [0.25, 0.3) is 0 Å². The summed E-state index contributed by atoms with van der Waals surface area (Å²) in [6.45, 7) is 2.06. The molecule has 1 aromatic heterocycles. The van der Waals surface area contributed by atoms with Gasteiger partial charge in [-0.05, 0) is 28.8 Å². The largest absolute Gasteiger partial charge is 0.293 e. The third kappa shape index (κ3) is 2.22. The van der Waals surface area contributed by atoms with E-state index in [9.17, 15) is 4.79 Å². The van der Waals surface area contributed by atoms with Crippen LogP contribution >= 0.6 is 11.3 Å². The summed E-state index contributed by atoms with van der Waals surface area (Å²) < 4.78 is 0. The van der Waals surface area contributed by atoms with E-state index in [-0.39, 0.29) is 11.7 Å². The molecule has 16 heavy (non-hydrogen) atoms. The Labute approximate surface area is 99.8 Å². The van der Waals surface area contributed by atoms with E-state index in [0.29, 0.717) is 0 Å². The number of hydrogen-bond donors (Lipinski definition) is 0. The van der Waals surface area contributed by atoms with Gasteiger partial charge in [0, 0.05) is 11.5 Å². The lowest BCUT2D eigenvalue weighted by atomic mass is 9.90. The first kappa shape index (κ1) is 11.1. The third-order valence-corrected chi connectivity index (χ3v) is 3.43. The Balaban J connectivity index is 2.27. The summed E-state index contributed by atoms with van der Waals surface area (Å²) in [7, 11) is 0. The second-order valence-electron chi connectivity index (χ2n) is 3.75. The van der Waals surface area contributed by atoms with E-state index < -0.39 is 0 Å². The standard InChI is InChI=1S/C14H14OS/c1-2-13(12-8-9-16-10-12)14(15)11-6-4-3-5-7-11/h3-10,13H,2H2,1H3. The van der Waals surface area contributed by atoms with Crippen LogP contribution in [-0.4, -0.2) is 5.78 Å². The summed E-state index contributed by atoms with van der Waals surface area (Å²) in [4.78, 5) is 12.3. The van der Waals surface area contributed by atoms with E-state index in [0.717, 1.165) is 17.5 Å². The minimum Gasteiger partial charge on any atom is -0.293 e. The van der Waals surface area contributed by atoms with Crippen LogP contribution in [0.5, 0.6) is 0 Å². The van der Waals surface area contributed by atoms with Crippen molar-refractivity contribution < 1.29 is 4.79 Å². The molecule has 2 aromatic rings. The van der Waals surface area contributed by atoms with Gasteiger partial charge in [-0.1, -0.05) is 37.3 Å². The summed E-state index contributed by atoms with van der Waals surface area (Å²) in [5.74, 6) is 0.232. The average molecular weight is 230 g/mol. The molecule has 0 fully saturated rings. The Bertz CT molecular complexity index is 445. The Hall–Kier alpha value is -1.41. The van der Waals surface area contributed by atoms with E-state index in [1.54, 1.807) is 11.3 Å². The van der Waals surface area contributed by atoms with Crippen LogP contribution in [0, 0.1) is 0 Å². The van der Waals surface area contributed by atoms with Crippen LogP contribution in [0.1, 0.15) is 35.2 Å². The summed E-state index contributed by atoms with van der Waals surface area (Å²) in [6, 6.07) is 11.6. The highest BCUT2D eigenvalue weighted by Gasteiger charge is 2.19. The van der Waals surface area contributed by atoms with Crippen molar-refractivity contribution in [2.45, 2.75) is 19.3 Å². The topological polar surface area (TPSA) is 17.1 Å². The molecule has 0 aliphatic heterocycles. The fourth-order valence-corrected chi connectivity index (χ4v) is 2.56. The third-order valence-electron chi connectivity index (χ3n) is 2.73. The second-order valence-corrected chi connectivity index (χ2v) is 4.53. The van der Waals surface area contributed by atoms with E-state index in [1.807, 2.05) is 41.8 Å². The molecule has 0 saturated heterocycles. The lowest BCUT2D eigenvalue weighted by molar-refractivity contribution is 0.0957. The first-order valence-electron chi connectivity index (χ1n) is 5.44. The lowest BCUT2D eigenvalue weighted by Crippen LogP contribution is -2.11. The first-order chi connectivity index (χ1) is 7.83. The Morgan fingerprint density at radius 3 is 2.56 bits per heavy atom. The highest BCUT2D eigenvalue weighted by atomic mass is 32.1. The summed E-state index contributed by atoms with van der Waals surface area (Å²) in [5, 5.41) is 4.09. The van der Waals surface area contributed by atoms with Crippen LogP contribution in [0.3, 0.4) is 0 Å².